The van der Waals surface area contributed by atoms with Crippen molar-refractivity contribution in [3.63, 3.8) is 0 Å². The van der Waals surface area contributed by atoms with Crippen molar-refractivity contribution in [2.24, 2.45) is 0 Å². The zero-order valence-corrected chi connectivity index (χ0v) is 34.3. The third kappa shape index (κ3) is 5.16. The highest BCUT2D eigenvalue weighted by molar-refractivity contribution is 7.26. The molecule has 59 heavy (non-hydrogen) atoms. The largest absolute Gasteiger partial charge is 0.309 e. The molecule has 0 fully saturated rings. The van der Waals surface area contributed by atoms with Gasteiger partial charge in [-0.15, -0.1) is 22.7 Å². The maximum absolute atomic E-state index is 2.51. The van der Waals surface area contributed by atoms with Gasteiger partial charge in [0.15, 0.2) is 0 Å². The minimum atomic E-state index is -0.280. The molecule has 0 radical (unpaired) electrons. The quantitative estimate of drug-likeness (QED) is 0.166. The van der Waals surface area contributed by atoms with Crippen molar-refractivity contribution < 1.29 is 0 Å². The molecule has 11 aromatic rings. The number of hydrogen-bond donors (Lipinski definition) is 0. The molecule has 2 heterocycles. The lowest BCUT2D eigenvalue weighted by Gasteiger charge is -2.30. The summed E-state index contributed by atoms with van der Waals surface area (Å²) in [6, 6.07) is 71.7. The van der Waals surface area contributed by atoms with Gasteiger partial charge in [0, 0.05) is 58.8 Å². The summed E-state index contributed by atoms with van der Waals surface area (Å²) in [5.74, 6) is 0. The second kappa shape index (κ2) is 13.2. The molecular formula is C55H38N2S2. The number of rotatable bonds is 6. The van der Waals surface area contributed by atoms with Crippen LogP contribution in [0.4, 0.5) is 34.1 Å². The first-order valence-electron chi connectivity index (χ1n) is 20.3. The molecule has 0 amide bonds. The average Bonchev–Trinajstić information content (AvgIpc) is 3.93. The number of nitrogens with zero attached hydrogens (tertiary/aromatic N) is 2. The van der Waals surface area contributed by atoms with E-state index >= 15 is 0 Å². The molecule has 0 saturated carbocycles. The Morgan fingerprint density at radius 2 is 0.847 bits per heavy atom. The van der Waals surface area contributed by atoms with Crippen molar-refractivity contribution in [3.05, 3.63) is 205 Å². The van der Waals surface area contributed by atoms with Gasteiger partial charge in [0.2, 0.25) is 0 Å². The van der Waals surface area contributed by atoms with Gasteiger partial charge in [-0.2, -0.15) is 0 Å². The topological polar surface area (TPSA) is 6.48 Å². The fourth-order valence-corrected chi connectivity index (χ4v) is 12.1. The van der Waals surface area contributed by atoms with Crippen LogP contribution in [-0.4, -0.2) is 0 Å². The second-order valence-electron chi connectivity index (χ2n) is 16.1. The number of para-hydroxylation sites is 2. The summed E-state index contributed by atoms with van der Waals surface area (Å²) in [4.78, 5) is 4.97. The van der Waals surface area contributed by atoms with Gasteiger partial charge in [-0.05, 0) is 94.4 Å². The molecule has 1 aliphatic carbocycles. The van der Waals surface area contributed by atoms with E-state index in [2.05, 4.69) is 218 Å². The lowest BCUT2D eigenvalue weighted by atomic mass is 9.81. The fourth-order valence-electron chi connectivity index (χ4n) is 9.68. The van der Waals surface area contributed by atoms with Crippen LogP contribution in [0.2, 0.25) is 0 Å². The maximum Gasteiger partial charge on any atom is 0.0640 e. The smallest absolute Gasteiger partial charge is 0.0640 e. The Kier molecular flexibility index (Phi) is 7.65. The molecule has 4 heteroatoms. The zero-order valence-electron chi connectivity index (χ0n) is 32.7. The Morgan fingerprint density at radius 1 is 0.356 bits per heavy atom. The minimum absolute atomic E-state index is 0.280. The van der Waals surface area contributed by atoms with Crippen LogP contribution < -0.4 is 9.80 Å². The van der Waals surface area contributed by atoms with E-state index in [9.17, 15) is 0 Å². The minimum Gasteiger partial charge on any atom is -0.309 e. The molecule has 0 saturated heterocycles. The highest BCUT2D eigenvalue weighted by atomic mass is 32.1. The molecule has 0 unspecified atom stereocenters. The van der Waals surface area contributed by atoms with Gasteiger partial charge in [-0.25, -0.2) is 0 Å². The number of hydrogen-bond acceptors (Lipinski definition) is 4. The first-order chi connectivity index (χ1) is 29.0. The van der Waals surface area contributed by atoms with E-state index in [4.69, 9.17) is 0 Å². The molecule has 1 aliphatic rings. The summed E-state index contributed by atoms with van der Waals surface area (Å²) in [6.45, 7) is 4.83. The molecule has 12 rings (SSSR count). The monoisotopic (exact) mass is 790 g/mol. The Bertz CT molecular complexity index is 3430. The van der Waals surface area contributed by atoms with Gasteiger partial charge in [-0.1, -0.05) is 141 Å². The summed E-state index contributed by atoms with van der Waals surface area (Å²) < 4.78 is 5.21. The number of thiophene rings is 2. The van der Waals surface area contributed by atoms with E-state index < -0.39 is 0 Å². The van der Waals surface area contributed by atoms with E-state index in [1.54, 1.807) is 0 Å². The van der Waals surface area contributed by atoms with Crippen molar-refractivity contribution in [2.45, 2.75) is 19.3 Å². The molecule has 0 N–H and O–H groups in total. The Hall–Kier alpha value is -6.72. The van der Waals surface area contributed by atoms with Gasteiger partial charge < -0.3 is 9.80 Å². The Morgan fingerprint density at radius 3 is 1.46 bits per heavy atom. The Balaban J connectivity index is 1.08. The van der Waals surface area contributed by atoms with Crippen LogP contribution in [0, 0.1) is 0 Å². The van der Waals surface area contributed by atoms with Crippen LogP contribution in [-0.2, 0) is 5.41 Å². The molecule has 0 spiro atoms. The first-order valence-corrected chi connectivity index (χ1v) is 21.9. The van der Waals surface area contributed by atoms with Crippen molar-refractivity contribution in [2.75, 3.05) is 9.80 Å². The van der Waals surface area contributed by atoms with Gasteiger partial charge in [0.25, 0.3) is 0 Å². The number of fused-ring (bicyclic) bond motifs is 11. The first kappa shape index (κ1) is 34.3. The van der Waals surface area contributed by atoms with Gasteiger partial charge in [-0.3, -0.25) is 0 Å². The number of benzene rings is 9. The van der Waals surface area contributed by atoms with Crippen LogP contribution in [0.5, 0.6) is 0 Å². The third-order valence-electron chi connectivity index (χ3n) is 12.4. The van der Waals surface area contributed by atoms with E-state index in [1.807, 2.05) is 22.7 Å². The summed E-state index contributed by atoms with van der Waals surface area (Å²) >= 11 is 3.76. The van der Waals surface area contributed by atoms with Crippen LogP contribution in [0.3, 0.4) is 0 Å². The van der Waals surface area contributed by atoms with Crippen molar-refractivity contribution >= 4 is 108 Å². The van der Waals surface area contributed by atoms with Crippen LogP contribution >= 0.6 is 22.7 Å². The molecule has 0 aliphatic heterocycles. The van der Waals surface area contributed by atoms with E-state index in [0.717, 1.165) is 17.1 Å². The standard InChI is InChI=1S/C55H38N2S2/c1-55(2)45-33-37(56(35-17-5-3-6-18-35)47-27-15-25-42-39-22-11-13-29-50(39)58-53(42)47)31-32-44(45)52-41-24-10-9-21-38(41)49(34-46(52)55)57(36-19-7-4-8-20-36)48-28-16-26-43-40-23-12-14-30-51(40)59-54(43)48/h3-34H,1-2H3. The molecule has 0 atom stereocenters. The highest BCUT2D eigenvalue weighted by Crippen LogP contribution is 2.57. The lowest BCUT2D eigenvalue weighted by Crippen LogP contribution is -2.18. The van der Waals surface area contributed by atoms with Gasteiger partial charge in [0.1, 0.15) is 0 Å². The Labute approximate surface area is 351 Å². The van der Waals surface area contributed by atoms with Gasteiger partial charge in [0.05, 0.1) is 26.5 Å². The molecule has 280 valence electrons. The molecule has 2 nitrogen and oxygen atoms in total. The van der Waals surface area contributed by atoms with Crippen molar-refractivity contribution in [1.82, 2.24) is 0 Å². The molecule has 2 aromatic heterocycles. The molecule has 0 bridgehead atoms. The summed E-state index contributed by atoms with van der Waals surface area (Å²) in [6.07, 6.45) is 0. The fraction of sp³-hybridized carbons (Fsp3) is 0.0545. The maximum atomic E-state index is 2.51. The van der Waals surface area contributed by atoms with Crippen LogP contribution in [0.25, 0.3) is 62.2 Å². The van der Waals surface area contributed by atoms with Crippen LogP contribution in [0.15, 0.2) is 194 Å². The predicted molar refractivity (Wildman–Crippen MR) is 257 cm³/mol. The lowest BCUT2D eigenvalue weighted by molar-refractivity contribution is 0.661. The SMILES string of the molecule is CC1(C)c2cc(N(c3ccccc3)c3cccc4c3sc3ccccc34)ccc2-c2c1cc(N(c1ccccc1)c1cccc3c1sc1ccccc13)c1ccccc21. The third-order valence-corrected chi connectivity index (χ3v) is 14.8. The number of anilines is 6. The van der Waals surface area contributed by atoms with Crippen molar-refractivity contribution in [1.29, 1.82) is 0 Å². The summed E-state index contributed by atoms with van der Waals surface area (Å²) in [5.41, 5.74) is 12.1. The van der Waals surface area contributed by atoms with E-state index in [1.165, 1.54) is 90.4 Å². The molecular weight excluding hydrogens is 753 g/mol. The summed E-state index contributed by atoms with van der Waals surface area (Å²) in [7, 11) is 0. The van der Waals surface area contributed by atoms with E-state index in [-0.39, 0.29) is 5.41 Å². The molecule has 9 aromatic carbocycles. The van der Waals surface area contributed by atoms with Crippen LogP contribution in [0.1, 0.15) is 25.0 Å². The second-order valence-corrected chi connectivity index (χ2v) is 18.2. The highest BCUT2D eigenvalue weighted by Gasteiger charge is 2.39. The summed E-state index contributed by atoms with van der Waals surface area (Å²) in [5, 5.41) is 7.72. The van der Waals surface area contributed by atoms with Gasteiger partial charge >= 0.3 is 0 Å². The normalized spacial score (nSPS) is 13.1. The van der Waals surface area contributed by atoms with E-state index in [0.29, 0.717) is 0 Å². The van der Waals surface area contributed by atoms with Crippen molar-refractivity contribution in [3.8, 4) is 11.1 Å². The average molecular weight is 791 g/mol. The zero-order chi connectivity index (χ0) is 39.2. The predicted octanol–water partition coefficient (Wildman–Crippen LogP) is 16.8.